The number of aliphatic hydroxyl groups is 1. The third-order valence-corrected chi connectivity index (χ3v) is 2.28. The second-order valence-corrected chi connectivity index (χ2v) is 3.02. The minimum atomic E-state index is 0.433. The van der Waals surface area contributed by atoms with Crippen molar-refractivity contribution in [3.63, 3.8) is 0 Å². The fourth-order valence-corrected chi connectivity index (χ4v) is 1.45. The first kappa shape index (κ1) is 7.35. The van der Waals surface area contributed by atoms with Crippen LogP contribution in [-0.2, 0) is 0 Å². The minimum Gasteiger partial charge on any atom is -0.512 e. The maximum absolute atomic E-state index is 9.52. The highest BCUT2D eigenvalue weighted by Gasteiger charge is 2.08. The Kier molecular flexibility index (Phi) is 1.43. The van der Waals surface area contributed by atoms with E-state index in [1.165, 1.54) is 5.56 Å². The van der Waals surface area contributed by atoms with Crippen LogP contribution in [0.4, 0.5) is 0 Å². The molecule has 3 aromatic rings. The lowest BCUT2D eigenvalue weighted by atomic mass is 10.1. The van der Waals surface area contributed by atoms with Crippen LogP contribution in [0.3, 0.4) is 0 Å². The molecule has 2 bridgehead atoms. The first-order valence-electron chi connectivity index (χ1n) is 4.14. The lowest BCUT2D eigenvalue weighted by Crippen LogP contribution is -2.13. The number of hydrogen-bond acceptors (Lipinski definition) is 2. The SMILES string of the molecule is CCC(O)=c1ccc2nc1c2C. The summed E-state index contributed by atoms with van der Waals surface area (Å²) in [5.41, 5.74) is 3.22. The van der Waals surface area contributed by atoms with Crippen molar-refractivity contribution in [1.82, 2.24) is 4.98 Å². The Balaban J connectivity index is 2.78. The Hall–Kier alpha value is -1.31. The number of nitrogens with zero attached hydrogens (tertiary/aromatic N) is 1. The van der Waals surface area contributed by atoms with Gasteiger partial charge in [-0.3, -0.25) is 0 Å². The van der Waals surface area contributed by atoms with E-state index in [4.69, 9.17) is 0 Å². The Morgan fingerprint density at radius 1 is 1.50 bits per heavy atom. The van der Waals surface area contributed by atoms with Gasteiger partial charge in [0.25, 0.3) is 0 Å². The quantitative estimate of drug-likeness (QED) is 0.691. The van der Waals surface area contributed by atoms with Crippen molar-refractivity contribution >= 4 is 16.8 Å². The molecule has 0 saturated carbocycles. The molecule has 0 aliphatic carbocycles. The molecule has 0 spiro atoms. The molecule has 2 nitrogen and oxygen atoms in total. The van der Waals surface area contributed by atoms with Crippen molar-refractivity contribution in [2.45, 2.75) is 20.3 Å². The van der Waals surface area contributed by atoms with Crippen LogP contribution in [0.15, 0.2) is 12.1 Å². The van der Waals surface area contributed by atoms with Gasteiger partial charge in [-0.05, 0) is 19.1 Å². The lowest BCUT2D eigenvalue weighted by molar-refractivity contribution is 0.484. The van der Waals surface area contributed by atoms with Crippen molar-refractivity contribution in [2.24, 2.45) is 0 Å². The first-order valence-corrected chi connectivity index (χ1v) is 4.14. The zero-order valence-corrected chi connectivity index (χ0v) is 7.26. The van der Waals surface area contributed by atoms with E-state index in [0.717, 1.165) is 16.3 Å². The van der Waals surface area contributed by atoms with Crippen molar-refractivity contribution in [3.8, 4) is 0 Å². The van der Waals surface area contributed by atoms with E-state index in [0.29, 0.717) is 12.2 Å². The molecule has 0 saturated heterocycles. The highest BCUT2D eigenvalue weighted by Crippen LogP contribution is 2.16. The molecule has 0 aliphatic rings. The van der Waals surface area contributed by atoms with Crippen molar-refractivity contribution in [3.05, 3.63) is 22.9 Å². The van der Waals surface area contributed by atoms with Gasteiger partial charge in [0.1, 0.15) is 5.76 Å². The summed E-state index contributed by atoms with van der Waals surface area (Å²) in [6, 6.07) is 3.88. The molecule has 3 rings (SSSR count). The largest absolute Gasteiger partial charge is 0.512 e. The first-order chi connectivity index (χ1) is 5.74. The molecule has 2 aromatic heterocycles. The van der Waals surface area contributed by atoms with Crippen molar-refractivity contribution < 1.29 is 5.11 Å². The topological polar surface area (TPSA) is 33.1 Å². The van der Waals surface area contributed by atoms with Gasteiger partial charge in [0.15, 0.2) is 0 Å². The number of aromatic nitrogens is 1. The van der Waals surface area contributed by atoms with Crippen LogP contribution in [0.2, 0.25) is 0 Å². The van der Waals surface area contributed by atoms with Crippen LogP contribution >= 0.6 is 0 Å². The summed E-state index contributed by atoms with van der Waals surface area (Å²) in [4.78, 5) is 4.25. The summed E-state index contributed by atoms with van der Waals surface area (Å²) in [6.07, 6.45) is 0.668. The third-order valence-electron chi connectivity index (χ3n) is 2.28. The highest BCUT2D eigenvalue weighted by atomic mass is 16.3. The van der Waals surface area contributed by atoms with Gasteiger partial charge in [0, 0.05) is 17.2 Å². The number of hydrogen-bond donors (Lipinski definition) is 1. The summed E-state index contributed by atoms with van der Waals surface area (Å²) < 4.78 is 0. The molecule has 62 valence electrons. The van der Waals surface area contributed by atoms with Gasteiger partial charge < -0.3 is 5.11 Å². The van der Waals surface area contributed by atoms with Crippen molar-refractivity contribution in [2.75, 3.05) is 0 Å². The zero-order chi connectivity index (χ0) is 8.72. The molecule has 0 unspecified atom stereocenters. The molecule has 2 heteroatoms. The smallest absolute Gasteiger partial charge is 0.101 e. The average Bonchev–Trinajstić information content (AvgIpc) is 2.15. The summed E-state index contributed by atoms with van der Waals surface area (Å²) in [6.45, 7) is 3.97. The van der Waals surface area contributed by atoms with E-state index in [-0.39, 0.29) is 0 Å². The fourth-order valence-electron chi connectivity index (χ4n) is 1.45. The standard InChI is InChI=1S/C10H11NO/c1-3-9(12)7-4-5-8-6(2)10(7)11-8/h4-5,12H,3H2,1-2H3. The molecule has 2 heterocycles. The molecule has 1 aromatic carbocycles. The van der Waals surface area contributed by atoms with Gasteiger partial charge in [0.2, 0.25) is 0 Å². The Morgan fingerprint density at radius 3 is 2.75 bits per heavy atom. The molecule has 0 amide bonds. The predicted molar refractivity (Wildman–Crippen MR) is 49.2 cm³/mol. The van der Waals surface area contributed by atoms with E-state index >= 15 is 0 Å². The van der Waals surface area contributed by atoms with Gasteiger partial charge in [-0.2, -0.15) is 0 Å². The van der Waals surface area contributed by atoms with Gasteiger partial charge in [-0.1, -0.05) is 6.92 Å². The normalized spacial score (nSPS) is 14.2. The van der Waals surface area contributed by atoms with Gasteiger partial charge >= 0.3 is 0 Å². The maximum Gasteiger partial charge on any atom is 0.101 e. The molecular formula is C10H11NO. The van der Waals surface area contributed by atoms with E-state index < -0.39 is 0 Å². The van der Waals surface area contributed by atoms with Gasteiger partial charge in [0.05, 0.1) is 11.0 Å². The molecule has 0 aliphatic heterocycles. The van der Waals surface area contributed by atoms with E-state index in [1.807, 2.05) is 26.0 Å². The Labute approximate surface area is 70.9 Å². The zero-order valence-electron chi connectivity index (χ0n) is 7.26. The highest BCUT2D eigenvalue weighted by molar-refractivity contribution is 5.79. The van der Waals surface area contributed by atoms with Crippen LogP contribution in [0.1, 0.15) is 18.9 Å². The number of aryl methyl sites for hydroxylation is 1. The molecular weight excluding hydrogens is 150 g/mol. The number of benzene rings is 1. The summed E-state index contributed by atoms with van der Waals surface area (Å²) in [5.74, 6) is 0.433. The molecule has 0 radical (unpaired) electrons. The van der Waals surface area contributed by atoms with Crippen LogP contribution in [0.5, 0.6) is 0 Å². The molecule has 0 fully saturated rings. The number of aliphatic hydroxyl groups excluding tert-OH is 1. The van der Waals surface area contributed by atoms with Crippen LogP contribution in [0.25, 0.3) is 16.8 Å². The molecule has 12 heavy (non-hydrogen) atoms. The Bertz CT molecular complexity index is 442. The lowest BCUT2D eigenvalue weighted by Gasteiger charge is -2.08. The number of pyridine rings is 1. The van der Waals surface area contributed by atoms with E-state index in [1.54, 1.807) is 0 Å². The van der Waals surface area contributed by atoms with Crippen LogP contribution in [-0.4, -0.2) is 10.1 Å². The predicted octanol–water partition coefficient (Wildman–Crippen LogP) is 1.78. The van der Waals surface area contributed by atoms with Crippen molar-refractivity contribution in [1.29, 1.82) is 0 Å². The third kappa shape index (κ3) is 0.779. The second kappa shape index (κ2) is 2.34. The number of fused-ring (bicyclic) bond motifs is 2. The van der Waals surface area contributed by atoms with Gasteiger partial charge in [-0.25, -0.2) is 4.98 Å². The molecule has 1 N–H and O–H groups in total. The Morgan fingerprint density at radius 2 is 2.25 bits per heavy atom. The summed E-state index contributed by atoms with van der Waals surface area (Å²) in [7, 11) is 0. The van der Waals surface area contributed by atoms with Crippen LogP contribution in [0, 0.1) is 6.92 Å². The van der Waals surface area contributed by atoms with E-state index in [2.05, 4.69) is 4.98 Å². The monoisotopic (exact) mass is 161 g/mol. The molecule has 0 atom stereocenters. The maximum atomic E-state index is 9.52. The number of rotatable bonds is 1. The minimum absolute atomic E-state index is 0.433. The summed E-state index contributed by atoms with van der Waals surface area (Å²) >= 11 is 0. The fraction of sp³-hybridized carbons (Fsp3) is 0.300. The summed E-state index contributed by atoms with van der Waals surface area (Å²) in [5, 5.41) is 10.4. The average molecular weight is 161 g/mol. The van der Waals surface area contributed by atoms with Gasteiger partial charge in [-0.15, -0.1) is 0 Å². The van der Waals surface area contributed by atoms with Crippen LogP contribution < -0.4 is 5.22 Å². The van der Waals surface area contributed by atoms with E-state index in [9.17, 15) is 5.11 Å². The second-order valence-electron chi connectivity index (χ2n) is 3.02.